The van der Waals surface area contributed by atoms with E-state index in [-0.39, 0.29) is 12.4 Å². The minimum absolute atomic E-state index is 0. The van der Waals surface area contributed by atoms with E-state index >= 15 is 0 Å². The van der Waals surface area contributed by atoms with Crippen molar-refractivity contribution in [3.8, 4) is 5.75 Å². The predicted molar refractivity (Wildman–Crippen MR) is 77.0 cm³/mol. The van der Waals surface area contributed by atoms with Crippen LogP contribution in [0.1, 0.15) is 25.8 Å². The molecule has 96 valence electrons. The Kier molecular flexibility index (Phi) is 8.55. The zero-order chi connectivity index (χ0) is 11.8. The Morgan fingerprint density at radius 1 is 1.29 bits per heavy atom. The second-order valence-corrected chi connectivity index (χ2v) is 3.89. The van der Waals surface area contributed by atoms with Gasteiger partial charge in [0.05, 0.1) is 7.11 Å². The lowest BCUT2D eigenvalue weighted by molar-refractivity contribution is 0.415. The predicted octanol–water partition coefficient (Wildman–Crippen LogP) is 3.52. The van der Waals surface area contributed by atoms with Crippen molar-refractivity contribution in [3.63, 3.8) is 0 Å². The van der Waals surface area contributed by atoms with Gasteiger partial charge in [-0.1, -0.05) is 31.2 Å². The van der Waals surface area contributed by atoms with Crippen LogP contribution in [-0.4, -0.2) is 19.7 Å². The summed E-state index contributed by atoms with van der Waals surface area (Å²) in [5.41, 5.74) is 1.20. The van der Waals surface area contributed by atoms with Gasteiger partial charge in [0, 0.05) is 12.6 Å². The first kappa shape index (κ1) is 16.0. The molecule has 0 bridgehead atoms. The zero-order valence-corrected chi connectivity index (χ0v) is 11.6. The van der Waals surface area contributed by atoms with Crippen LogP contribution in [0.25, 0.3) is 6.08 Å². The van der Waals surface area contributed by atoms with E-state index in [0.717, 1.165) is 18.7 Å². The van der Waals surface area contributed by atoms with Gasteiger partial charge in [-0.25, -0.2) is 0 Å². The average Bonchev–Trinajstić information content (AvgIpc) is 2.35. The minimum atomic E-state index is 0. The van der Waals surface area contributed by atoms with Gasteiger partial charge in [0.2, 0.25) is 0 Å². The molecule has 1 rings (SSSR count). The molecule has 0 radical (unpaired) electrons. The summed E-state index contributed by atoms with van der Waals surface area (Å²) in [6.07, 6.45) is 5.43. The van der Waals surface area contributed by atoms with E-state index in [0.29, 0.717) is 6.04 Å². The summed E-state index contributed by atoms with van der Waals surface area (Å²) in [6.45, 7) is 5.30. The molecule has 1 unspecified atom stereocenters. The number of halogens is 1. The van der Waals surface area contributed by atoms with Crippen LogP contribution in [0.2, 0.25) is 0 Å². The second kappa shape index (κ2) is 9.08. The van der Waals surface area contributed by atoms with Crippen LogP contribution in [0, 0.1) is 0 Å². The fraction of sp³-hybridized carbons (Fsp3) is 0.429. The number of hydrogen-bond donors (Lipinski definition) is 1. The van der Waals surface area contributed by atoms with Gasteiger partial charge < -0.3 is 10.1 Å². The summed E-state index contributed by atoms with van der Waals surface area (Å²) in [5.74, 6) is 0.898. The third-order valence-corrected chi connectivity index (χ3v) is 2.62. The molecule has 17 heavy (non-hydrogen) atoms. The van der Waals surface area contributed by atoms with Crippen LogP contribution in [0.4, 0.5) is 0 Å². The summed E-state index contributed by atoms with van der Waals surface area (Å²) in [6, 6.07) is 8.64. The van der Waals surface area contributed by atoms with E-state index in [1.54, 1.807) is 7.11 Å². The topological polar surface area (TPSA) is 21.3 Å². The maximum absolute atomic E-state index is 5.10. The Morgan fingerprint density at radius 2 is 1.94 bits per heavy atom. The van der Waals surface area contributed by atoms with Gasteiger partial charge in [0.1, 0.15) is 5.75 Å². The molecule has 0 saturated heterocycles. The van der Waals surface area contributed by atoms with Gasteiger partial charge in [-0.05, 0) is 31.0 Å². The number of hydrogen-bond acceptors (Lipinski definition) is 2. The highest BCUT2D eigenvalue weighted by molar-refractivity contribution is 5.85. The van der Waals surface area contributed by atoms with Crippen LogP contribution in [0.5, 0.6) is 5.75 Å². The van der Waals surface area contributed by atoms with Crippen LogP contribution in [0.3, 0.4) is 0 Å². The van der Waals surface area contributed by atoms with Crippen molar-refractivity contribution in [1.29, 1.82) is 0 Å². The Bertz CT molecular complexity index is 321. The Hall–Kier alpha value is -0.990. The number of nitrogens with one attached hydrogen (secondary N) is 1. The maximum atomic E-state index is 5.10. The summed E-state index contributed by atoms with van der Waals surface area (Å²) >= 11 is 0. The van der Waals surface area contributed by atoms with Gasteiger partial charge in [-0.3, -0.25) is 0 Å². The van der Waals surface area contributed by atoms with Crippen molar-refractivity contribution in [2.45, 2.75) is 26.3 Å². The van der Waals surface area contributed by atoms with Crippen molar-refractivity contribution < 1.29 is 4.74 Å². The molecule has 0 fully saturated rings. The molecule has 0 aliphatic carbocycles. The number of rotatable bonds is 6. The Morgan fingerprint density at radius 3 is 2.47 bits per heavy atom. The highest BCUT2D eigenvalue weighted by atomic mass is 35.5. The van der Waals surface area contributed by atoms with E-state index in [2.05, 4.69) is 43.4 Å². The first-order valence-corrected chi connectivity index (χ1v) is 5.80. The maximum Gasteiger partial charge on any atom is 0.118 e. The second-order valence-electron chi connectivity index (χ2n) is 3.89. The molecule has 0 spiro atoms. The van der Waals surface area contributed by atoms with Gasteiger partial charge in [-0.2, -0.15) is 0 Å². The van der Waals surface area contributed by atoms with Gasteiger partial charge >= 0.3 is 0 Å². The van der Waals surface area contributed by atoms with E-state index < -0.39 is 0 Å². The van der Waals surface area contributed by atoms with Crippen molar-refractivity contribution in [2.75, 3.05) is 13.7 Å². The highest BCUT2D eigenvalue weighted by Gasteiger charge is 1.93. The Balaban J connectivity index is 0.00000256. The molecule has 2 nitrogen and oxygen atoms in total. The van der Waals surface area contributed by atoms with E-state index in [1.807, 2.05) is 12.1 Å². The van der Waals surface area contributed by atoms with Gasteiger partial charge in [0.25, 0.3) is 0 Å². The molecule has 0 saturated carbocycles. The molecule has 0 aromatic heterocycles. The van der Waals surface area contributed by atoms with Crippen LogP contribution in [0.15, 0.2) is 30.3 Å². The molecule has 0 heterocycles. The van der Waals surface area contributed by atoms with Crippen molar-refractivity contribution in [1.82, 2.24) is 5.32 Å². The van der Waals surface area contributed by atoms with Gasteiger partial charge in [-0.15, -0.1) is 12.4 Å². The quantitative estimate of drug-likeness (QED) is 0.840. The van der Waals surface area contributed by atoms with Crippen LogP contribution in [-0.2, 0) is 0 Å². The SMILES string of the molecule is CCC(C)NCC=Cc1ccc(OC)cc1.Cl. The van der Waals surface area contributed by atoms with E-state index in [9.17, 15) is 0 Å². The fourth-order valence-corrected chi connectivity index (χ4v) is 1.32. The molecule has 3 heteroatoms. The van der Waals surface area contributed by atoms with Crippen molar-refractivity contribution in [2.24, 2.45) is 0 Å². The summed E-state index contributed by atoms with van der Waals surface area (Å²) < 4.78 is 5.10. The lowest BCUT2D eigenvalue weighted by Gasteiger charge is -2.07. The number of methoxy groups -OCH3 is 1. The van der Waals surface area contributed by atoms with Crippen LogP contribution >= 0.6 is 12.4 Å². The largest absolute Gasteiger partial charge is 0.497 e. The summed E-state index contributed by atoms with van der Waals surface area (Å²) in [5, 5.41) is 3.41. The lowest BCUT2D eigenvalue weighted by Crippen LogP contribution is -2.24. The standard InChI is InChI=1S/C14H21NO.ClH/c1-4-12(2)15-11-5-6-13-7-9-14(16-3)10-8-13;/h5-10,12,15H,4,11H2,1-3H3;1H. The average molecular weight is 256 g/mol. The third kappa shape index (κ3) is 6.35. The normalized spacial score (nSPS) is 12.2. The van der Waals surface area contributed by atoms with E-state index in [4.69, 9.17) is 4.74 Å². The minimum Gasteiger partial charge on any atom is -0.497 e. The Labute approximate surface area is 110 Å². The summed E-state index contributed by atoms with van der Waals surface area (Å²) in [4.78, 5) is 0. The third-order valence-electron chi connectivity index (χ3n) is 2.62. The molecule has 1 aromatic rings. The summed E-state index contributed by atoms with van der Waals surface area (Å²) in [7, 11) is 1.68. The number of benzene rings is 1. The van der Waals surface area contributed by atoms with Crippen LogP contribution < -0.4 is 10.1 Å². The smallest absolute Gasteiger partial charge is 0.118 e. The lowest BCUT2D eigenvalue weighted by atomic mass is 10.2. The first-order valence-electron chi connectivity index (χ1n) is 5.80. The molecule has 1 N–H and O–H groups in total. The molecular formula is C14H22ClNO. The molecule has 0 aliphatic heterocycles. The molecule has 0 aliphatic rings. The molecular weight excluding hydrogens is 234 g/mol. The highest BCUT2D eigenvalue weighted by Crippen LogP contribution is 2.11. The van der Waals surface area contributed by atoms with Crippen molar-refractivity contribution in [3.05, 3.63) is 35.9 Å². The number of ether oxygens (including phenoxy) is 1. The fourth-order valence-electron chi connectivity index (χ4n) is 1.32. The first-order chi connectivity index (χ1) is 7.76. The van der Waals surface area contributed by atoms with Gasteiger partial charge in [0.15, 0.2) is 0 Å². The zero-order valence-electron chi connectivity index (χ0n) is 10.8. The van der Waals surface area contributed by atoms with E-state index in [1.165, 1.54) is 5.56 Å². The molecule has 1 atom stereocenters. The molecule has 1 aromatic carbocycles. The van der Waals surface area contributed by atoms with Crippen molar-refractivity contribution >= 4 is 18.5 Å². The molecule has 0 amide bonds. The monoisotopic (exact) mass is 255 g/mol.